The van der Waals surface area contributed by atoms with E-state index in [0.717, 1.165) is 9.80 Å². The van der Waals surface area contributed by atoms with Crippen molar-refractivity contribution in [1.82, 2.24) is 0 Å². The van der Waals surface area contributed by atoms with E-state index in [-0.39, 0.29) is 6.10 Å². The highest BCUT2D eigenvalue weighted by molar-refractivity contribution is 9.10. The second-order valence-electron chi connectivity index (χ2n) is 5.13. The Morgan fingerprint density at radius 2 is 2.11 bits per heavy atom. The van der Waals surface area contributed by atoms with E-state index in [4.69, 9.17) is 4.74 Å². The molecule has 1 fully saturated rings. The van der Waals surface area contributed by atoms with Crippen LogP contribution < -0.4 is 0 Å². The van der Waals surface area contributed by atoms with Crippen LogP contribution in [0.3, 0.4) is 0 Å². The summed E-state index contributed by atoms with van der Waals surface area (Å²) in [5.74, 6) is 0.687. The van der Waals surface area contributed by atoms with Gasteiger partial charge in [-0.3, -0.25) is 0 Å². The molecule has 1 saturated carbocycles. The molecule has 1 aromatic carbocycles. The van der Waals surface area contributed by atoms with Crippen LogP contribution in [0.4, 0.5) is 0 Å². The molecule has 100 valence electrons. The van der Waals surface area contributed by atoms with Gasteiger partial charge < -0.3 is 4.74 Å². The van der Waals surface area contributed by atoms with Crippen LogP contribution in [-0.4, -0.2) is 11.4 Å². The normalized spacial score (nSPS) is 25.9. The Balaban J connectivity index is 2.04. The molecule has 0 spiro atoms. The Hall–Kier alpha value is 0.140. The molecule has 3 atom stereocenters. The molecule has 1 aromatic rings. The molecule has 2 rings (SSSR count). The Labute approximate surface area is 127 Å². The molecular weight excluding hydrogens is 356 g/mol. The molecule has 0 aliphatic heterocycles. The van der Waals surface area contributed by atoms with Gasteiger partial charge in [-0.2, -0.15) is 0 Å². The van der Waals surface area contributed by atoms with Crippen molar-refractivity contribution in [2.45, 2.75) is 44.8 Å². The zero-order valence-corrected chi connectivity index (χ0v) is 13.9. The number of hydrogen-bond donors (Lipinski definition) is 0. The van der Waals surface area contributed by atoms with E-state index in [0.29, 0.717) is 12.0 Å². The van der Waals surface area contributed by atoms with Crippen LogP contribution in [0.2, 0.25) is 0 Å². The Bertz CT molecular complexity index is 381. The summed E-state index contributed by atoms with van der Waals surface area (Å²) in [6, 6.07) is 8.42. The molecule has 0 N–H and O–H groups in total. The highest BCUT2D eigenvalue weighted by Gasteiger charge is 2.25. The van der Waals surface area contributed by atoms with Crippen molar-refractivity contribution in [3.63, 3.8) is 0 Å². The van der Waals surface area contributed by atoms with Crippen molar-refractivity contribution in [2.75, 3.05) is 5.33 Å². The first kappa shape index (κ1) is 14.5. The smallest absolute Gasteiger partial charge is 0.0925 e. The summed E-state index contributed by atoms with van der Waals surface area (Å²) in [4.78, 5) is 0. The van der Waals surface area contributed by atoms with E-state index < -0.39 is 0 Å². The summed E-state index contributed by atoms with van der Waals surface area (Å²) in [6.45, 7) is 2.32. The van der Waals surface area contributed by atoms with Crippen LogP contribution in [0.15, 0.2) is 28.7 Å². The molecule has 0 saturated heterocycles. The summed E-state index contributed by atoms with van der Waals surface area (Å²) < 4.78 is 7.44. The quantitative estimate of drug-likeness (QED) is 0.633. The van der Waals surface area contributed by atoms with E-state index in [1.54, 1.807) is 0 Å². The van der Waals surface area contributed by atoms with Crippen molar-refractivity contribution in [2.24, 2.45) is 5.92 Å². The zero-order valence-electron chi connectivity index (χ0n) is 10.7. The van der Waals surface area contributed by atoms with Crippen LogP contribution in [0.5, 0.6) is 0 Å². The molecule has 1 aliphatic rings. The van der Waals surface area contributed by atoms with Gasteiger partial charge in [-0.05, 0) is 36.5 Å². The highest BCUT2D eigenvalue weighted by Crippen LogP contribution is 2.32. The minimum Gasteiger partial charge on any atom is -0.369 e. The SMILES string of the molecule is CC1CCCCC1OC(CBr)c1cccc(Br)c1. The first-order valence-corrected chi connectivity index (χ1v) is 8.59. The molecule has 1 nitrogen and oxygen atoms in total. The zero-order chi connectivity index (χ0) is 13.0. The lowest BCUT2D eigenvalue weighted by molar-refractivity contribution is -0.0468. The maximum atomic E-state index is 6.33. The lowest BCUT2D eigenvalue weighted by Crippen LogP contribution is -2.27. The van der Waals surface area contributed by atoms with Crippen LogP contribution >= 0.6 is 31.9 Å². The fourth-order valence-electron chi connectivity index (χ4n) is 2.61. The van der Waals surface area contributed by atoms with Gasteiger partial charge in [-0.15, -0.1) is 0 Å². The van der Waals surface area contributed by atoms with E-state index in [2.05, 4.69) is 63.0 Å². The van der Waals surface area contributed by atoms with Gasteiger partial charge in [0.05, 0.1) is 12.2 Å². The topological polar surface area (TPSA) is 9.23 Å². The third kappa shape index (κ3) is 3.82. The summed E-state index contributed by atoms with van der Waals surface area (Å²) in [5.41, 5.74) is 1.25. The second kappa shape index (κ2) is 7.06. The minimum atomic E-state index is 0.160. The Morgan fingerprint density at radius 1 is 1.33 bits per heavy atom. The van der Waals surface area contributed by atoms with Gasteiger partial charge in [0, 0.05) is 9.80 Å². The molecule has 0 bridgehead atoms. The molecule has 3 heteroatoms. The first-order valence-electron chi connectivity index (χ1n) is 6.67. The fraction of sp³-hybridized carbons (Fsp3) is 0.600. The predicted octanol–water partition coefficient (Wildman–Crippen LogP) is 5.48. The van der Waals surface area contributed by atoms with Gasteiger partial charge in [0.15, 0.2) is 0 Å². The van der Waals surface area contributed by atoms with Crippen molar-refractivity contribution in [1.29, 1.82) is 0 Å². The van der Waals surface area contributed by atoms with Crippen LogP contribution in [-0.2, 0) is 4.74 Å². The van der Waals surface area contributed by atoms with Crippen molar-refractivity contribution < 1.29 is 4.74 Å². The molecule has 3 unspecified atom stereocenters. The van der Waals surface area contributed by atoms with Gasteiger partial charge in [-0.25, -0.2) is 0 Å². The van der Waals surface area contributed by atoms with E-state index in [1.807, 2.05) is 0 Å². The molecule has 0 heterocycles. The van der Waals surface area contributed by atoms with Gasteiger partial charge in [0.25, 0.3) is 0 Å². The summed E-state index contributed by atoms with van der Waals surface area (Å²) in [5, 5.41) is 0.854. The van der Waals surface area contributed by atoms with Crippen LogP contribution in [0.1, 0.15) is 44.3 Å². The maximum absolute atomic E-state index is 6.33. The lowest BCUT2D eigenvalue weighted by atomic mass is 9.88. The highest BCUT2D eigenvalue weighted by atomic mass is 79.9. The predicted molar refractivity (Wildman–Crippen MR) is 83.2 cm³/mol. The van der Waals surface area contributed by atoms with Crippen molar-refractivity contribution >= 4 is 31.9 Å². The summed E-state index contributed by atoms with van der Waals surface area (Å²) in [6.07, 6.45) is 5.75. The third-order valence-electron chi connectivity index (χ3n) is 3.73. The molecule has 0 amide bonds. The van der Waals surface area contributed by atoms with Crippen molar-refractivity contribution in [3.8, 4) is 0 Å². The summed E-state index contributed by atoms with van der Waals surface area (Å²) in [7, 11) is 0. The lowest BCUT2D eigenvalue weighted by Gasteiger charge is -2.32. The number of benzene rings is 1. The third-order valence-corrected chi connectivity index (χ3v) is 4.81. The molecule has 18 heavy (non-hydrogen) atoms. The first-order chi connectivity index (χ1) is 8.70. The number of halogens is 2. The van der Waals surface area contributed by atoms with Crippen LogP contribution in [0, 0.1) is 5.92 Å². The van der Waals surface area contributed by atoms with Gasteiger partial charge in [0.1, 0.15) is 0 Å². The second-order valence-corrected chi connectivity index (χ2v) is 6.70. The van der Waals surface area contributed by atoms with Gasteiger partial charge in [0.2, 0.25) is 0 Å². The average Bonchev–Trinajstić information content (AvgIpc) is 2.38. The fourth-order valence-corrected chi connectivity index (χ4v) is 3.55. The molecule has 0 aromatic heterocycles. The van der Waals surface area contributed by atoms with E-state index in [9.17, 15) is 0 Å². The number of rotatable bonds is 4. The van der Waals surface area contributed by atoms with Crippen molar-refractivity contribution in [3.05, 3.63) is 34.3 Å². The van der Waals surface area contributed by atoms with E-state index in [1.165, 1.54) is 31.2 Å². The Kier molecular flexibility index (Phi) is 5.71. The largest absolute Gasteiger partial charge is 0.369 e. The van der Waals surface area contributed by atoms with Gasteiger partial charge in [-0.1, -0.05) is 63.8 Å². The standard InChI is InChI=1S/C15H20Br2O/c1-11-5-2-3-8-14(11)18-15(10-16)12-6-4-7-13(17)9-12/h4,6-7,9,11,14-15H,2-3,5,8,10H2,1H3. The van der Waals surface area contributed by atoms with Crippen LogP contribution in [0.25, 0.3) is 0 Å². The molecule has 1 aliphatic carbocycles. The minimum absolute atomic E-state index is 0.160. The maximum Gasteiger partial charge on any atom is 0.0925 e. The van der Waals surface area contributed by atoms with Gasteiger partial charge >= 0.3 is 0 Å². The number of alkyl halides is 1. The number of hydrogen-bond acceptors (Lipinski definition) is 1. The molecule has 0 radical (unpaired) electrons. The monoisotopic (exact) mass is 374 g/mol. The average molecular weight is 376 g/mol. The number of ether oxygens (including phenoxy) is 1. The summed E-state index contributed by atoms with van der Waals surface area (Å²) >= 11 is 7.11. The molecular formula is C15H20Br2O. The Morgan fingerprint density at radius 3 is 2.78 bits per heavy atom. The van der Waals surface area contributed by atoms with E-state index >= 15 is 0 Å².